The maximum Gasteiger partial charge on any atom is 0.217 e. The number of primary amides is 1. The van der Waals surface area contributed by atoms with Crippen LogP contribution in [0.2, 0.25) is 0 Å². The van der Waals surface area contributed by atoms with Crippen LogP contribution in [0.3, 0.4) is 0 Å². The van der Waals surface area contributed by atoms with Gasteiger partial charge in [-0.3, -0.25) is 4.79 Å². The van der Waals surface area contributed by atoms with Gasteiger partial charge in [0.25, 0.3) is 0 Å². The third-order valence-electron chi connectivity index (χ3n) is 8.84. The van der Waals surface area contributed by atoms with Gasteiger partial charge in [-0.25, -0.2) is 0 Å². The zero-order chi connectivity index (χ0) is 31.3. The van der Waals surface area contributed by atoms with Crippen LogP contribution in [0.15, 0.2) is 91.0 Å². The summed E-state index contributed by atoms with van der Waals surface area (Å²) in [5.41, 5.74) is 7.77. The largest absolute Gasteiger partial charge is 0.391 e. The molecule has 0 spiro atoms. The monoisotopic (exact) mass is 599 g/mol. The maximum atomic E-state index is 11.9. The Morgan fingerprint density at radius 3 is 1.43 bits per heavy atom. The predicted molar refractivity (Wildman–Crippen MR) is 183 cm³/mol. The van der Waals surface area contributed by atoms with Crippen LogP contribution in [0.25, 0.3) is 0 Å². The SMILES string of the molecule is CCCCCCCCCCCCCCCC(CC(N)=O)CC(O)COC(c1ccccc1)(c1ccccc1)c1ccccc1. The summed E-state index contributed by atoms with van der Waals surface area (Å²) in [4.78, 5) is 11.9. The zero-order valence-electron chi connectivity index (χ0n) is 27.2. The van der Waals surface area contributed by atoms with E-state index in [1.54, 1.807) is 0 Å². The summed E-state index contributed by atoms with van der Waals surface area (Å²) in [5, 5.41) is 11.3. The van der Waals surface area contributed by atoms with E-state index in [0.29, 0.717) is 12.8 Å². The standard InChI is InChI=1S/C40H57NO3/c1-2-3-4-5-6-7-8-9-10-11-12-13-17-24-34(32-39(41)43)31-38(42)33-44-40(35-25-18-14-19-26-35,36-27-20-15-21-28-36)37-29-22-16-23-30-37/h14-16,18-23,25-30,34,38,42H,2-13,17,24,31-33H2,1H3,(H2,41,43). The molecule has 0 aromatic heterocycles. The van der Waals surface area contributed by atoms with Gasteiger partial charge in [0.1, 0.15) is 5.60 Å². The van der Waals surface area contributed by atoms with E-state index in [-0.39, 0.29) is 18.4 Å². The van der Waals surface area contributed by atoms with Gasteiger partial charge in [0.2, 0.25) is 5.91 Å². The van der Waals surface area contributed by atoms with Crippen molar-refractivity contribution >= 4 is 5.91 Å². The molecule has 2 unspecified atom stereocenters. The lowest BCUT2D eigenvalue weighted by Gasteiger charge is -2.37. The summed E-state index contributed by atoms with van der Waals surface area (Å²) < 4.78 is 6.81. The Morgan fingerprint density at radius 2 is 1.05 bits per heavy atom. The maximum absolute atomic E-state index is 11.9. The number of hydrogen-bond donors (Lipinski definition) is 2. The van der Waals surface area contributed by atoms with Crippen molar-refractivity contribution in [3.8, 4) is 0 Å². The summed E-state index contributed by atoms with van der Waals surface area (Å²) in [6.45, 7) is 2.42. The minimum absolute atomic E-state index is 0.0541. The summed E-state index contributed by atoms with van der Waals surface area (Å²) in [6.07, 6.45) is 18.0. The van der Waals surface area contributed by atoms with Gasteiger partial charge in [-0.05, 0) is 35.4 Å². The first-order valence-electron chi connectivity index (χ1n) is 17.3. The van der Waals surface area contributed by atoms with Crippen LogP contribution in [0.1, 0.15) is 126 Å². The third-order valence-corrected chi connectivity index (χ3v) is 8.84. The fourth-order valence-electron chi connectivity index (χ4n) is 6.48. The molecule has 0 saturated heterocycles. The van der Waals surface area contributed by atoms with Crippen molar-refractivity contribution in [2.24, 2.45) is 11.7 Å². The Morgan fingerprint density at radius 1 is 0.659 bits per heavy atom. The summed E-state index contributed by atoms with van der Waals surface area (Å²) in [6, 6.07) is 30.6. The first-order chi connectivity index (χ1) is 21.6. The van der Waals surface area contributed by atoms with Crippen molar-refractivity contribution in [2.45, 2.75) is 121 Å². The number of aliphatic hydroxyl groups is 1. The smallest absolute Gasteiger partial charge is 0.217 e. The molecular formula is C40H57NO3. The number of amides is 1. The number of carbonyl (C=O) groups excluding carboxylic acids is 1. The summed E-state index contributed by atoms with van der Waals surface area (Å²) >= 11 is 0. The van der Waals surface area contributed by atoms with Gasteiger partial charge < -0.3 is 15.6 Å². The predicted octanol–water partition coefficient (Wildman–Crippen LogP) is 9.72. The molecule has 0 aliphatic rings. The third kappa shape index (κ3) is 12.2. The second-order valence-corrected chi connectivity index (χ2v) is 12.5. The first kappa shape index (κ1) is 35.5. The Kier molecular flexibility index (Phi) is 16.9. The van der Waals surface area contributed by atoms with Crippen LogP contribution in [0.5, 0.6) is 0 Å². The Balaban J connectivity index is 1.52. The first-order valence-corrected chi connectivity index (χ1v) is 17.3. The van der Waals surface area contributed by atoms with E-state index < -0.39 is 11.7 Å². The van der Waals surface area contributed by atoms with E-state index >= 15 is 0 Å². The Hall–Kier alpha value is -2.95. The number of benzene rings is 3. The van der Waals surface area contributed by atoms with E-state index in [9.17, 15) is 9.90 Å². The molecule has 44 heavy (non-hydrogen) atoms. The summed E-state index contributed by atoms with van der Waals surface area (Å²) in [5.74, 6) is -0.247. The van der Waals surface area contributed by atoms with E-state index in [1.807, 2.05) is 54.6 Å². The lowest BCUT2D eigenvalue weighted by molar-refractivity contribution is -0.119. The van der Waals surface area contributed by atoms with Gasteiger partial charge in [0.05, 0.1) is 12.7 Å². The number of unbranched alkanes of at least 4 members (excludes halogenated alkanes) is 12. The fourth-order valence-corrected chi connectivity index (χ4v) is 6.48. The van der Waals surface area contributed by atoms with Gasteiger partial charge in [-0.2, -0.15) is 0 Å². The van der Waals surface area contributed by atoms with Crippen molar-refractivity contribution in [2.75, 3.05) is 6.61 Å². The molecular weight excluding hydrogens is 542 g/mol. The van der Waals surface area contributed by atoms with E-state index in [0.717, 1.165) is 36.0 Å². The molecule has 0 aliphatic heterocycles. The highest BCUT2D eigenvalue weighted by molar-refractivity contribution is 5.73. The quantitative estimate of drug-likeness (QED) is 0.0795. The van der Waals surface area contributed by atoms with Crippen LogP contribution >= 0.6 is 0 Å². The molecule has 240 valence electrons. The topological polar surface area (TPSA) is 72.6 Å². The summed E-state index contributed by atoms with van der Waals surface area (Å²) in [7, 11) is 0. The van der Waals surface area contributed by atoms with Crippen LogP contribution < -0.4 is 5.73 Å². The number of aliphatic hydroxyl groups excluding tert-OH is 1. The average Bonchev–Trinajstić information content (AvgIpc) is 3.05. The molecule has 1 amide bonds. The average molecular weight is 600 g/mol. The second-order valence-electron chi connectivity index (χ2n) is 12.5. The molecule has 2 atom stereocenters. The van der Waals surface area contributed by atoms with Crippen molar-refractivity contribution < 1.29 is 14.6 Å². The molecule has 0 saturated carbocycles. The van der Waals surface area contributed by atoms with E-state index in [1.165, 1.54) is 70.6 Å². The molecule has 0 heterocycles. The minimum atomic E-state index is -0.876. The van der Waals surface area contributed by atoms with Crippen molar-refractivity contribution in [1.29, 1.82) is 0 Å². The van der Waals surface area contributed by atoms with Crippen molar-refractivity contribution in [3.63, 3.8) is 0 Å². The molecule has 4 heteroatoms. The van der Waals surface area contributed by atoms with Gasteiger partial charge in [-0.15, -0.1) is 0 Å². The minimum Gasteiger partial charge on any atom is -0.391 e. The molecule has 3 N–H and O–H groups in total. The molecule has 3 rings (SSSR count). The molecule has 3 aromatic carbocycles. The fraction of sp³-hybridized carbons (Fsp3) is 0.525. The van der Waals surface area contributed by atoms with Gasteiger partial charge in [-0.1, -0.05) is 181 Å². The molecule has 0 bridgehead atoms. The number of ether oxygens (including phenoxy) is 1. The van der Waals surface area contributed by atoms with Crippen molar-refractivity contribution in [1.82, 2.24) is 0 Å². The van der Waals surface area contributed by atoms with Crippen LogP contribution in [0, 0.1) is 5.92 Å². The van der Waals surface area contributed by atoms with Gasteiger partial charge in [0.15, 0.2) is 0 Å². The molecule has 4 nitrogen and oxygen atoms in total. The normalized spacial score (nSPS) is 13.0. The zero-order valence-corrected chi connectivity index (χ0v) is 27.2. The lowest BCUT2D eigenvalue weighted by atomic mass is 9.80. The number of carbonyl (C=O) groups is 1. The highest BCUT2D eigenvalue weighted by atomic mass is 16.5. The number of rotatable bonds is 24. The Bertz CT molecular complexity index is 1040. The highest BCUT2D eigenvalue weighted by Crippen LogP contribution is 2.40. The highest BCUT2D eigenvalue weighted by Gasteiger charge is 2.38. The molecule has 0 aliphatic carbocycles. The molecule has 0 radical (unpaired) electrons. The second kappa shape index (κ2) is 20.9. The van der Waals surface area contributed by atoms with Gasteiger partial charge >= 0.3 is 0 Å². The van der Waals surface area contributed by atoms with Gasteiger partial charge in [0, 0.05) is 6.42 Å². The van der Waals surface area contributed by atoms with Crippen LogP contribution in [0.4, 0.5) is 0 Å². The van der Waals surface area contributed by atoms with Crippen molar-refractivity contribution in [3.05, 3.63) is 108 Å². The molecule has 0 fully saturated rings. The number of nitrogens with two attached hydrogens (primary N) is 1. The number of hydrogen-bond acceptors (Lipinski definition) is 3. The van der Waals surface area contributed by atoms with Crippen LogP contribution in [-0.2, 0) is 15.1 Å². The van der Waals surface area contributed by atoms with E-state index in [2.05, 4.69) is 43.3 Å². The lowest BCUT2D eigenvalue weighted by Crippen LogP contribution is -2.36. The molecule has 3 aromatic rings. The Labute approximate surface area is 267 Å². The van der Waals surface area contributed by atoms with E-state index in [4.69, 9.17) is 10.5 Å². The van der Waals surface area contributed by atoms with Crippen LogP contribution in [-0.4, -0.2) is 23.7 Å².